The third-order valence-corrected chi connectivity index (χ3v) is 2.02. The van der Waals surface area contributed by atoms with E-state index in [-0.39, 0.29) is 11.6 Å². The number of hydrogen-bond donors (Lipinski definition) is 3. The first-order valence-electron chi connectivity index (χ1n) is 4.98. The Bertz CT molecular complexity index is 428. The number of nitrogens with one attached hydrogen (secondary N) is 2. The number of nitrogens with two attached hydrogens (primary N) is 1. The molecule has 108 valence electrons. The topological polar surface area (TPSA) is 63.0 Å². The van der Waals surface area contributed by atoms with Crippen LogP contribution in [0.2, 0.25) is 0 Å². The van der Waals surface area contributed by atoms with Gasteiger partial charge in [-0.05, 0) is 12.1 Å². The lowest BCUT2D eigenvalue weighted by Crippen LogP contribution is -2.17. The van der Waals surface area contributed by atoms with Crippen molar-refractivity contribution < 1.29 is 26.3 Å². The van der Waals surface area contributed by atoms with E-state index in [9.17, 15) is 26.3 Å². The molecular weight excluding hydrogens is 278 g/mol. The molecule has 0 unspecified atom stereocenters. The maximum Gasteiger partial charge on any atom is 0.416 e. The molecule has 0 saturated carbocycles. The van der Waals surface area contributed by atoms with Crippen molar-refractivity contribution in [2.24, 2.45) is 5.84 Å². The van der Waals surface area contributed by atoms with Crippen molar-refractivity contribution >= 4 is 11.6 Å². The zero-order valence-electron chi connectivity index (χ0n) is 9.36. The molecule has 4 N–H and O–H groups in total. The molecule has 0 aliphatic rings. The molecule has 0 aromatic carbocycles. The first kappa shape index (κ1) is 15.3. The highest BCUT2D eigenvalue weighted by Crippen LogP contribution is 2.32. The Kier molecular flexibility index (Phi) is 4.45. The third-order valence-electron chi connectivity index (χ3n) is 2.02. The van der Waals surface area contributed by atoms with Gasteiger partial charge in [-0.25, -0.2) is 10.8 Å². The predicted molar refractivity (Wildman–Crippen MR) is 56.2 cm³/mol. The van der Waals surface area contributed by atoms with Gasteiger partial charge >= 0.3 is 12.4 Å². The van der Waals surface area contributed by atoms with Gasteiger partial charge < -0.3 is 10.7 Å². The number of rotatable bonds is 4. The van der Waals surface area contributed by atoms with Gasteiger partial charge in [-0.1, -0.05) is 0 Å². The molecule has 0 aliphatic heterocycles. The van der Waals surface area contributed by atoms with E-state index in [1.54, 1.807) is 0 Å². The number of alkyl halides is 6. The van der Waals surface area contributed by atoms with Crippen LogP contribution >= 0.6 is 0 Å². The van der Waals surface area contributed by atoms with Gasteiger partial charge in [0.1, 0.15) is 11.6 Å². The van der Waals surface area contributed by atoms with Crippen LogP contribution in [0.4, 0.5) is 38.0 Å². The molecule has 19 heavy (non-hydrogen) atoms. The quantitative estimate of drug-likeness (QED) is 0.453. The van der Waals surface area contributed by atoms with Gasteiger partial charge in [0, 0.05) is 6.54 Å². The molecule has 0 aliphatic carbocycles. The SMILES string of the molecule is NNc1cc(C(F)(F)F)cc(NCCC(F)(F)F)n1. The number of hydrazine groups is 1. The average Bonchev–Trinajstić information content (AvgIpc) is 2.25. The normalized spacial score (nSPS) is 12.4. The van der Waals surface area contributed by atoms with Gasteiger partial charge in [-0.3, -0.25) is 0 Å². The monoisotopic (exact) mass is 288 g/mol. The van der Waals surface area contributed by atoms with Crippen LogP contribution in [-0.2, 0) is 6.18 Å². The van der Waals surface area contributed by atoms with E-state index in [0.717, 1.165) is 0 Å². The molecule has 1 aromatic rings. The van der Waals surface area contributed by atoms with Crippen LogP contribution < -0.4 is 16.6 Å². The summed E-state index contributed by atoms with van der Waals surface area (Å²) < 4.78 is 73.2. The van der Waals surface area contributed by atoms with Crippen LogP contribution in [-0.4, -0.2) is 17.7 Å². The number of nitrogen functional groups attached to an aromatic ring is 1. The number of pyridine rings is 1. The second kappa shape index (κ2) is 5.51. The average molecular weight is 288 g/mol. The minimum absolute atomic E-state index is 0.302. The number of nitrogens with zero attached hydrogens (tertiary/aromatic N) is 1. The van der Waals surface area contributed by atoms with E-state index in [4.69, 9.17) is 5.84 Å². The molecule has 1 aromatic heterocycles. The molecule has 0 bridgehead atoms. The zero-order valence-corrected chi connectivity index (χ0v) is 9.36. The predicted octanol–water partition coefficient (Wildman–Crippen LogP) is 2.75. The van der Waals surface area contributed by atoms with Crippen LogP contribution in [0.15, 0.2) is 12.1 Å². The summed E-state index contributed by atoms with van der Waals surface area (Å²) in [5.74, 6) is 4.30. The molecule has 0 fully saturated rings. The minimum atomic E-state index is -4.64. The lowest BCUT2D eigenvalue weighted by molar-refractivity contribution is -0.137. The van der Waals surface area contributed by atoms with E-state index >= 15 is 0 Å². The van der Waals surface area contributed by atoms with Gasteiger partial charge in [-0.2, -0.15) is 26.3 Å². The second-order valence-electron chi connectivity index (χ2n) is 3.56. The van der Waals surface area contributed by atoms with Crippen molar-refractivity contribution in [3.8, 4) is 0 Å². The fourth-order valence-corrected chi connectivity index (χ4v) is 1.19. The molecule has 1 rings (SSSR count). The van der Waals surface area contributed by atoms with E-state index < -0.39 is 30.9 Å². The lowest BCUT2D eigenvalue weighted by Gasteiger charge is -2.13. The first-order chi connectivity index (χ1) is 8.62. The van der Waals surface area contributed by atoms with Crippen molar-refractivity contribution in [2.45, 2.75) is 18.8 Å². The second-order valence-corrected chi connectivity index (χ2v) is 3.56. The highest BCUT2D eigenvalue weighted by atomic mass is 19.4. The van der Waals surface area contributed by atoms with Gasteiger partial charge in [0.05, 0.1) is 12.0 Å². The van der Waals surface area contributed by atoms with E-state index in [1.807, 2.05) is 5.43 Å². The Morgan fingerprint density at radius 3 is 2.11 bits per heavy atom. The fourth-order valence-electron chi connectivity index (χ4n) is 1.19. The maximum absolute atomic E-state index is 12.5. The zero-order chi connectivity index (χ0) is 14.7. The smallest absolute Gasteiger partial charge is 0.370 e. The fraction of sp³-hybridized carbons (Fsp3) is 0.444. The minimum Gasteiger partial charge on any atom is -0.370 e. The summed E-state index contributed by atoms with van der Waals surface area (Å²) >= 11 is 0. The van der Waals surface area contributed by atoms with Gasteiger partial charge in [0.25, 0.3) is 0 Å². The third kappa shape index (κ3) is 5.20. The van der Waals surface area contributed by atoms with Crippen LogP contribution in [0.3, 0.4) is 0 Å². The van der Waals surface area contributed by atoms with Gasteiger partial charge in [0.2, 0.25) is 0 Å². The Labute approximate surface area is 104 Å². The molecule has 4 nitrogen and oxygen atoms in total. The van der Waals surface area contributed by atoms with Crippen molar-refractivity contribution in [2.75, 3.05) is 17.3 Å². The first-order valence-corrected chi connectivity index (χ1v) is 4.98. The maximum atomic E-state index is 12.5. The summed E-state index contributed by atoms with van der Waals surface area (Å²) in [4.78, 5) is 3.57. The molecule has 0 amide bonds. The Morgan fingerprint density at radius 1 is 1.05 bits per heavy atom. The number of aromatic nitrogens is 1. The lowest BCUT2D eigenvalue weighted by atomic mass is 10.2. The number of halogens is 6. The van der Waals surface area contributed by atoms with Crippen LogP contribution in [0.5, 0.6) is 0 Å². The summed E-state index contributed by atoms with van der Waals surface area (Å²) in [6.45, 7) is -0.582. The summed E-state index contributed by atoms with van der Waals surface area (Å²) in [5, 5.41) is 2.16. The van der Waals surface area contributed by atoms with Gasteiger partial charge in [0.15, 0.2) is 0 Å². The summed E-state index contributed by atoms with van der Waals surface area (Å²) in [6, 6.07) is 1.26. The van der Waals surface area contributed by atoms with E-state index in [2.05, 4.69) is 10.3 Å². The molecule has 0 spiro atoms. The summed E-state index contributed by atoms with van der Waals surface area (Å²) in [5.41, 5.74) is 0.848. The molecule has 1 heterocycles. The summed E-state index contributed by atoms with van der Waals surface area (Å²) in [6.07, 6.45) is -10.2. The van der Waals surface area contributed by atoms with Crippen LogP contribution in [0, 0.1) is 0 Å². The highest BCUT2D eigenvalue weighted by Gasteiger charge is 2.32. The molecule has 0 saturated heterocycles. The highest BCUT2D eigenvalue weighted by molar-refractivity contribution is 5.49. The Balaban J connectivity index is 2.83. The standard InChI is InChI=1S/C9H10F6N4/c10-8(11,12)1-2-17-6-3-5(9(13,14)15)4-7(18-6)19-16/h3-4H,1-2,16H2,(H2,17,18,19). The van der Waals surface area contributed by atoms with Crippen molar-refractivity contribution in [3.05, 3.63) is 17.7 Å². The number of anilines is 2. The molecule has 0 atom stereocenters. The van der Waals surface area contributed by atoms with E-state index in [0.29, 0.717) is 12.1 Å². The van der Waals surface area contributed by atoms with Crippen molar-refractivity contribution in [3.63, 3.8) is 0 Å². The summed E-state index contributed by atoms with van der Waals surface area (Å²) in [7, 11) is 0. The van der Waals surface area contributed by atoms with Crippen molar-refractivity contribution in [1.29, 1.82) is 0 Å². The van der Waals surface area contributed by atoms with E-state index in [1.165, 1.54) is 0 Å². The molecule has 10 heteroatoms. The van der Waals surface area contributed by atoms with Crippen LogP contribution in [0.1, 0.15) is 12.0 Å². The Hall–Kier alpha value is -1.71. The largest absolute Gasteiger partial charge is 0.416 e. The van der Waals surface area contributed by atoms with Crippen molar-refractivity contribution in [1.82, 2.24) is 4.98 Å². The number of hydrogen-bond acceptors (Lipinski definition) is 4. The Morgan fingerprint density at radius 2 is 1.63 bits per heavy atom. The molecule has 0 radical (unpaired) electrons. The molecular formula is C9H10F6N4. The van der Waals surface area contributed by atoms with Gasteiger partial charge in [-0.15, -0.1) is 0 Å². The van der Waals surface area contributed by atoms with Crippen LogP contribution in [0.25, 0.3) is 0 Å².